The molecule has 5 rings (SSSR count). The van der Waals surface area contributed by atoms with E-state index in [1.807, 2.05) is 6.07 Å². The van der Waals surface area contributed by atoms with Gasteiger partial charge in [0.2, 0.25) is 15.9 Å². The van der Waals surface area contributed by atoms with E-state index < -0.39 is 15.3 Å². The zero-order valence-electron chi connectivity index (χ0n) is 18.0. The summed E-state index contributed by atoms with van der Waals surface area (Å²) in [6, 6.07) is 1.87. The number of aromatic nitrogens is 3. The van der Waals surface area contributed by atoms with Crippen molar-refractivity contribution in [2.24, 2.45) is 5.92 Å². The molecule has 9 nitrogen and oxygen atoms in total. The van der Waals surface area contributed by atoms with Crippen LogP contribution < -0.4 is 5.56 Å². The Morgan fingerprint density at radius 3 is 2.71 bits per heavy atom. The van der Waals surface area contributed by atoms with Crippen molar-refractivity contribution in [1.29, 1.82) is 0 Å². The number of aromatic amines is 1. The average molecular weight is 448 g/mol. The Morgan fingerprint density at radius 1 is 1.23 bits per heavy atom. The topological polar surface area (TPSA) is 108 Å². The summed E-state index contributed by atoms with van der Waals surface area (Å²) in [6.07, 6.45) is 4.12. The number of hydrogen-bond acceptors (Lipinski definition) is 5. The second-order valence-corrected chi connectivity index (χ2v) is 11.8. The minimum Gasteiger partial charge on any atom is -0.337 e. The summed E-state index contributed by atoms with van der Waals surface area (Å²) >= 11 is 0. The molecule has 0 radical (unpaired) electrons. The highest BCUT2D eigenvalue weighted by Crippen LogP contribution is 2.33. The molecule has 2 aromatic heterocycles. The maximum Gasteiger partial charge on any atom is 0.277 e. The number of H-pyrrole nitrogens is 1. The summed E-state index contributed by atoms with van der Waals surface area (Å²) < 4.78 is 28.3. The van der Waals surface area contributed by atoms with Gasteiger partial charge in [0.05, 0.1) is 23.1 Å². The monoisotopic (exact) mass is 447 g/mol. The van der Waals surface area contributed by atoms with Gasteiger partial charge >= 0.3 is 0 Å². The number of amides is 1. The number of piperidine rings is 1. The van der Waals surface area contributed by atoms with Crippen molar-refractivity contribution in [2.45, 2.75) is 63.7 Å². The fourth-order valence-electron chi connectivity index (χ4n) is 4.71. The molecule has 10 heteroatoms. The van der Waals surface area contributed by atoms with Crippen molar-refractivity contribution in [3.05, 3.63) is 33.4 Å². The van der Waals surface area contributed by atoms with Crippen LogP contribution in [0.5, 0.6) is 0 Å². The fourth-order valence-corrected chi connectivity index (χ4v) is 6.08. The van der Waals surface area contributed by atoms with E-state index in [0.717, 1.165) is 37.1 Å². The van der Waals surface area contributed by atoms with Gasteiger partial charge in [-0.2, -0.15) is 0 Å². The molecule has 2 aromatic rings. The van der Waals surface area contributed by atoms with Crippen molar-refractivity contribution >= 4 is 21.6 Å². The van der Waals surface area contributed by atoms with Gasteiger partial charge in [-0.05, 0) is 39.5 Å². The Hall–Kier alpha value is -2.20. The first-order chi connectivity index (χ1) is 14.8. The van der Waals surface area contributed by atoms with Crippen LogP contribution >= 0.6 is 0 Å². The predicted molar refractivity (Wildman–Crippen MR) is 115 cm³/mol. The van der Waals surface area contributed by atoms with Crippen molar-refractivity contribution in [3.63, 3.8) is 0 Å². The lowest BCUT2D eigenvalue weighted by molar-refractivity contribution is -0.133. The number of fused-ring (bicyclic) bond motifs is 2. The van der Waals surface area contributed by atoms with E-state index in [1.165, 1.54) is 4.52 Å². The smallest absolute Gasteiger partial charge is 0.277 e. The largest absolute Gasteiger partial charge is 0.337 e. The van der Waals surface area contributed by atoms with Gasteiger partial charge < -0.3 is 4.90 Å². The van der Waals surface area contributed by atoms with Gasteiger partial charge in [0.15, 0.2) is 5.65 Å². The lowest BCUT2D eigenvalue weighted by atomic mass is 9.96. The average Bonchev–Trinajstić information content (AvgIpc) is 3.52. The van der Waals surface area contributed by atoms with Crippen LogP contribution in [-0.4, -0.2) is 63.0 Å². The summed E-state index contributed by atoms with van der Waals surface area (Å²) in [6.45, 7) is 5.27. The molecule has 3 aliphatic rings. The molecule has 168 valence electrons. The number of carbonyl (C=O) groups excluding carboxylic acids is 1. The fraction of sp³-hybridized carbons (Fsp3) is 0.667. The predicted octanol–water partition coefficient (Wildman–Crippen LogP) is 1.23. The molecule has 1 saturated heterocycles. The van der Waals surface area contributed by atoms with Crippen LogP contribution in [0.15, 0.2) is 10.9 Å². The second kappa shape index (κ2) is 7.44. The van der Waals surface area contributed by atoms with E-state index in [-0.39, 0.29) is 23.3 Å². The standard InChI is InChI=1S/C21H29N5O4S/c1-13(2)31(29,30)25-8-3-4-15(11-25)18-10-19-22-17-7-9-24(20(27)14-5-6-14)12-16(17)21(28)26(19)23-18/h10,13-15,23H,3-9,11-12H2,1-2H3. The van der Waals surface area contributed by atoms with E-state index in [0.29, 0.717) is 43.8 Å². The lowest BCUT2D eigenvalue weighted by Gasteiger charge is -2.32. The van der Waals surface area contributed by atoms with Crippen molar-refractivity contribution < 1.29 is 13.2 Å². The quantitative estimate of drug-likeness (QED) is 0.759. The molecule has 1 N–H and O–H groups in total. The van der Waals surface area contributed by atoms with E-state index in [1.54, 1.807) is 23.1 Å². The number of sulfonamides is 1. The summed E-state index contributed by atoms with van der Waals surface area (Å²) in [4.78, 5) is 32.1. The van der Waals surface area contributed by atoms with E-state index in [2.05, 4.69) is 5.10 Å². The van der Waals surface area contributed by atoms with Crippen molar-refractivity contribution in [2.75, 3.05) is 19.6 Å². The van der Waals surface area contributed by atoms with Gasteiger partial charge in [0.25, 0.3) is 5.56 Å². The SMILES string of the molecule is CC(C)S(=O)(=O)N1CCCC(c2cc3nc4c(c(=O)n3[nH]2)CN(C(=O)C2CC2)CC4)C1. The summed E-state index contributed by atoms with van der Waals surface area (Å²) in [5, 5.41) is 2.73. The van der Waals surface area contributed by atoms with Gasteiger partial charge in [0, 0.05) is 49.7 Å². The molecule has 1 unspecified atom stereocenters. The highest BCUT2D eigenvalue weighted by molar-refractivity contribution is 7.89. The van der Waals surface area contributed by atoms with Crippen LogP contribution in [0.1, 0.15) is 62.4 Å². The number of hydrogen-bond donors (Lipinski definition) is 1. The summed E-state index contributed by atoms with van der Waals surface area (Å²) in [5.74, 6) is 0.277. The summed E-state index contributed by atoms with van der Waals surface area (Å²) in [7, 11) is -3.31. The third-order valence-corrected chi connectivity index (χ3v) is 9.04. The van der Waals surface area contributed by atoms with Crippen LogP contribution in [-0.2, 0) is 27.8 Å². The third kappa shape index (κ3) is 3.59. The van der Waals surface area contributed by atoms with Crippen LogP contribution in [0, 0.1) is 5.92 Å². The van der Waals surface area contributed by atoms with Crippen molar-refractivity contribution in [3.8, 4) is 0 Å². The molecule has 1 aliphatic carbocycles. The molecule has 1 saturated carbocycles. The van der Waals surface area contributed by atoms with Gasteiger partial charge in [-0.1, -0.05) is 0 Å². The number of nitrogens with zero attached hydrogens (tertiary/aromatic N) is 4. The third-order valence-electron chi connectivity index (χ3n) is 6.80. The zero-order chi connectivity index (χ0) is 21.9. The molecule has 2 aliphatic heterocycles. The molecule has 4 heterocycles. The number of nitrogens with one attached hydrogen (secondary N) is 1. The Bertz CT molecular complexity index is 1190. The zero-order valence-corrected chi connectivity index (χ0v) is 18.8. The summed E-state index contributed by atoms with van der Waals surface area (Å²) in [5.41, 5.74) is 2.58. The van der Waals surface area contributed by atoms with Gasteiger partial charge in [-0.25, -0.2) is 22.2 Å². The molecule has 0 bridgehead atoms. The van der Waals surface area contributed by atoms with Crippen LogP contribution in [0.25, 0.3) is 5.65 Å². The maximum atomic E-state index is 13.2. The molecule has 0 spiro atoms. The minimum atomic E-state index is -3.31. The van der Waals surface area contributed by atoms with Crippen molar-refractivity contribution in [1.82, 2.24) is 23.8 Å². The minimum absolute atomic E-state index is 0.00616. The Kier molecular flexibility index (Phi) is 4.97. The first-order valence-corrected chi connectivity index (χ1v) is 12.7. The normalized spacial score (nSPS) is 22.8. The Balaban J connectivity index is 1.44. The number of rotatable bonds is 4. The van der Waals surface area contributed by atoms with E-state index in [4.69, 9.17) is 4.98 Å². The first-order valence-electron chi connectivity index (χ1n) is 11.2. The van der Waals surface area contributed by atoms with Crippen LogP contribution in [0.2, 0.25) is 0 Å². The number of carbonyl (C=O) groups is 1. The highest BCUT2D eigenvalue weighted by atomic mass is 32.2. The van der Waals surface area contributed by atoms with Crippen LogP contribution in [0.3, 0.4) is 0 Å². The Labute approximate surface area is 181 Å². The molecule has 1 amide bonds. The van der Waals surface area contributed by atoms with E-state index >= 15 is 0 Å². The molecule has 1 atom stereocenters. The van der Waals surface area contributed by atoms with Gasteiger partial charge in [-0.15, -0.1) is 0 Å². The molecular weight excluding hydrogens is 418 g/mol. The Morgan fingerprint density at radius 2 is 2.00 bits per heavy atom. The lowest BCUT2D eigenvalue weighted by Crippen LogP contribution is -2.42. The molecule has 31 heavy (non-hydrogen) atoms. The molecule has 0 aromatic carbocycles. The first kappa shape index (κ1) is 20.7. The van der Waals surface area contributed by atoms with Gasteiger partial charge in [0.1, 0.15) is 0 Å². The highest BCUT2D eigenvalue weighted by Gasteiger charge is 2.36. The van der Waals surface area contributed by atoms with Crippen LogP contribution in [0.4, 0.5) is 0 Å². The second-order valence-electron chi connectivity index (χ2n) is 9.32. The maximum absolute atomic E-state index is 13.2. The molecular formula is C21H29N5O4S. The molecule has 2 fully saturated rings. The van der Waals surface area contributed by atoms with E-state index in [9.17, 15) is 18.0 Å². The van der Waals surface area contributed by atoms with Gasteiger partial charge in [-0.3, -0.25) is 14.7 Å².